The van der Waals surface area contributed by atoms with Gasteiger partial charge in [0.15, 0.2) is 0 Å². The van der Waals surface area contributed by atoms with Gasteiger partial charge in [0.2, 0.25) is 0 Å². The van der Waals surface area contributed by atoms with Gasteiger partial charge in [-0.05, 0) is 38.5 Å². The van der Waals surface area contributed by atoms with Gasteiger partial charge < -0.3 is 10.4 Å². The van der Waals surface area contributed by atoms with Gasteiger partial charge in [-0.3, -0.25) is 14.9 Å². The molecule has 0 heterocycles. The largest absolute Gasteiger partial charge is 0.395 e. The van der Waals surface area contributed by atoms with Crippen molar-refractivity contribution in [3.63, 3.8) is 0 Å². The SMILES string of the molecule is CCCCC/C=C\C/C=C\C/C=C\C/C=C\CCC(C(=O)NCCO)[N+](=O)[O-]. The highest BCUT2D eigenvalue weighted by Gasteiger charge is 2.27. The molecule has 0 aliphatic rings. The highest BCUT2D eigenvalue weighted by molar-refractivity contribution is 5.80. The van der Waals surface area contributed by atoms with Gasteiger partial charge in [0, 0.05) is 17.9 Å². The Labute approximate surface area is 169 Å². The molecular weight excluding hydrogens is 356 g/mol. The third-order valence-electron chi connectivity index (χ3n) is 4.03. The van der Waals surface area contributed by atoms with E-state index in [2.05, 4.69) is 48.7 Å². The molecule has 6 nitrogen and oxygen atoms in total. The molecule has 1 amide bonds. The highest BCUT2D eigenvalue weighted by atomic mass is 16.6. The van der Waals surface area contributed by atoms with Crippen molar-refractivity contribution in [2.75, 3.05) is 13.2 Å². The quantitative estimate of drug-likeness (QED) is 0.165. The normalized spacial score (nSPS) is 13.2. The second kappa shape index (κ2) is 19.5. The molecule has 0 aromatic carbocycles. The fraction of sp³-hybridized carbons (Fsp3) is 0.591. The van der Waals surface area contributed by atoms with Crippen LogP contribution < -0.4 is 5.32 Å². The molecule has 0 rings (SSSR count). The molecule has 0 aromatic rings. The van der Waals surface area contributed by atoms with E-state index in [1.54, 1.807) is 0 Å². The van der Waals surface area contributed by atoms with Crippen LogP contribution >= 0.6 is 0 Å². The van der Waals surface area contributed by atoms with Crippen LogP contribution in [0.1, 0.15) is 64.7 Å². The molecule has 0 bridgehead atoms. The first kappa shape index (κ1) is 25.8. The maximum absolute atomic E-state index is 11.6. The Morgan fingerprint density at radius 3 is 2.00 bits per heavy atom. The molecule has 0 saturated carbocycles. The van der Waals surface area contributed by atoms with Crippen molar-refractivity contribution in [1.82, 2.24) is 5.32 Å². The average Bonchev–Trinajstić information content (AvgIpc) is 2.68. The smallest absolute Gasteiger partial charge is 0.294 e. The standard InChI is InChI=1S/C22H36N2O4/c1-2-3-4-5-6-7-8-9-10-11-12-13-14-15-16-17-18-21(24(27)28)22(26)23-19-20-25/h6-7,9-10,12-13,15-16,21,25H,2-5,8,11,14,17-20H2,1H3,(H,23,26)/b7-6-,10-9-,13-12-,16-15-. The number of nitrogens with zero attached hydrogens (tertiary/aromatic N) is 1. The summed E-state index contributed by atoms with van der Waals surface area (Å²) in [5.41, 5.74) is 0. The van der Waals surface area contributed by atoms with Crippen molar-refractivity contribution < 1.29 is 14.8 Å². The lowest BCUT2D eigenvalue weighted by Gasteiger charge is -2.08. The lowest BCUT2D eigenvalue weighted by Crippen LogP contribution is -2.40. The molecular formula is C22H36N2O4. The number of aliphatic hydroxyl groups is 1. The molecule has 0 saturated heterocycles. The molecule has 0 aliphatic heterocycles. The van der Waals surface area contributed by atoms with Crippen molar-refractivity contribution in [2.45, 2.75) is 70.8 Å². The van der Waals surface area contributed by atoms with Gasteiger partial charge >= 0.3 is 0 Å². The fourth-order valence-corrected chi connectivity index (χ4v) is 2.44. The minimum Gasteiger partial charge on any atom is -0.395 e. The maximum atomic E-state index is 11.6. The predicted molar refractivity (Wildman–Crippen MR) is 115 cm³/mol. The number of hydrogen-bond donors (Lipinski definition) is 2. The molecule has 0 aliphatic carbocycles. The molecule has 0 spiro atoms. The zero-order valence-corrected chi connectivity index (χ0v) is 17.1. The molecule has 1 unspecified atom stereocenters. The van der Waals surface area contributed by atoms with Crippen LogP contribution in [0.5, 0.6) is 0 Å². The average molecular weight is 393 g/mol. The molecule has 158 valence electrons. The van der Waals surface area contributed by atoms with Gasteiger partial charge in [-0.1, -0.05) is 68.4 Å². The summed E-state index contributed by atoms with van der Waals surface area (Å²) < 4.78 is 0. The molecule has 1 atom stereocenters. The Morgan fingerprint density at radius 2 is 1.50 bits per heavy atom. The van der Waals surface area contributed by atoms with Crippen LogP contribution in [0.25, 0.3) is 0 Å². The Kier molecular flexibility index (Phi) is 18.0. The zero-order valence-electron chi connectivity index (χ0n) is 17.1. The lowest BCUT2D eigenvalue weighted by atomic mass is 10.1. The van der Waals surface area contributed by atoms with Crippen LogP contribution in [-0.2, 0) is 4.79 Å². The van der Waals surface area contributed by atoms with Crippen molar-refractivity contribution in [2.24, 2.45) is 0 Å². The van der Waals surface area contributed by atoms with E-state index in [4.69, 9.17) is 5.11 Å². The summed E-state index contributed by atoms with van der Waals surface area (Å²) in [4.78, 5) is 22.0. The number of carbonyl (C=O) groups is 1. The second-order valence-corrected chi connectivity index (χ2v) is 6.48. The van der Waals surface area contributed by atoms with E-state index in [0.29, 0.717) is 6.42 Å². The first-order valence-electron chi connectivity index (χ1n) is 10.3. The highest BCUT2D eigenvalue weighted by Crippen LogP contribution is 2.04. The number of aliphatic hydroxyl groups excluding tert-OH is 1. The van der Waals surface area contributed by atoms with E-state index < -0.39 is 16.9 Å². The summed E-state index contributed by atoms with van der Waals surface area (Å²) in [7, 11) is 0. The van der Waals surface area contributed by atoms with E-state index in [9.17, 15) is 14.9 Å². The van der Waals surface area contributed by atoms with E-state index >= 15 is 0 Å². The number of hydrogen-bond acceptors (Lipinski definition) is 4. The minimum absolute atomic E-state index is 0.0352. The Bertz CT molecular complexity index is 525. The van der Waals surface area contributed by atoms with Crippen LogP contribution in [-0.4, -0.2) is 35.1 Å². The monoisotopic (exact) mass is 392 g/mol. The van der Waals surface area contributed by atoms with Crippen LogP contribution in [0, 0.1) is 10.1 Å². The summed E-state index contributed by atoms with van der Waals surface area (Å²) in [6.45, 7) is 2.02. The number of unbranched alkanes of at least 4 members (excludes halogenated alkanes) is 3. The van der Waals surface area contributed by atoms with Crippen LogP contribution in [0.3, 0.4) is 0 Å². The van der Waals surface area contributed by atoms with E-state index in [-0.39, 0.29) is 19.6 Å². The van der Waals surface area contributed by atoms with Crippen LogP contribution in [0.4, 0.5) is 0 Å². The van der Waals surface area contributed by atoms with Crippen molar-refractivity contribution >= 4 is 5.91 Å². The summed E-state index contributed by atoms with van der Waals surface area (Å²) in [5, 5.41) is 21.9. The van der Waals surface area contributed by atoms with Gasteiger partial charge in [0.25, 0.3) is 11.9 Å². The molecule has 28 heavy (non-hydrogen) atoms. The lowest BCUT2D eigenvalue weighted by molar-refractivity contribution is -0.508. The van der Waals surface area contributed by atoms with E-state index in [0.717, 1.165) is 19.3 Å². The molecule has 6 heteroatoms. The fourth-order valence-electron chi connectivity index (χ4n) is 2.44. The van der Waals surface area contributed by atoms with Gasteiger partial charge in [0.05, 0.1) is 6.61 Å². The van der Waals surface area contributed by atoms with Gasteiger partial charge in [0.1, 0.15) is 0 Å². The molecule has 0 radical (unpaired) electrons. The van der Waals surface area contributed by atoms with Crippen LogP contribution in [0.15, 0.2) is 48.6 Å². The van der Waals surface area contributed by atoms with Gasteiger partial charge in [-0.2, -0.15) is 0 Å². The number of rotatable bonds is 17. The van der Waals surface area contributed by atoms with Crippen molar-refractivity contribution in [3.05, 3.63) is 58.7 Å². The Morgan fingerprint density at radius 1 is 0.964 bits per heavy atom. The van der Waals surface area contributed by atoms with Crippen molar-refractivity contribution in [1.29, 1.82) is 0 Å². The number of nitrogens with one attached hydrogen (secondary N) is 1. The number of amides is 1. The third kappa shape index (κ3) is 16.0. The number of carbonyl (C=O) groups excluding carboxylic acids is 1. The second-order valence-electron chi connectivity index (χ2n) is 6.48. The zero-order chi connectivity index (χ0) is 20.9. The summed E-state index contributed by atoms with van der Waals surface area (Å²) in [6, 6.07) is -1.27. The topological polar surface area (TPSA) is 92.5 Å². The van der Waals surface area contributed by atoms with Gasteiger partial charge in [-0.25, -0.2) is 0 Å². The van der Waals surface area contributed by atoms with E-state index in [1.165, 1.54) is 25.7 Å². The number of allylic oxidation sites excluding steroid dienone is 8. The molecule has 2 N–H and O–H groups in total. The maximum Gasteiger partial charge on any atom is 0.294 e. The Hall–Kier alpha value is -2.21. The third-order valence-corrected chi connectivity index (χ3v) is 4.03. The molecule has 0 fully saturated rings. The Balaban J connectivity index is 3.83. The van der Waals surface area contributed by atoms with E-state index in [1.807, 2.05) is 12.2 Å². The summed E-state index contributed by atoms with van der Waals surface area (Å²) in [6.07, 6.45) is 25.0. The minimum atomic E-state index is -1.27. The first-order chi connectivity index (χ1) is 13.6. The summed E-state index contributed by atoms with van der Waals surface area (Å²) in [5.74, 6) is -0.644. The first-order valence-corrected chi connectivity index (χ1v) is 10.3. The van der Waals surface area contributed by atoms with Gasteiger partial charge in [-0.15, -0.1) is 0 Å². The van der Waals surface area contributed by atoms with Crippen molar-refractivity contribution in [3.8, 4) is 0 Å². The predicted octanol–water partition coefficient (Wildman–Crippen LogP) is 4.50. The molecule has 0 aromatic heterocycles. The van der Waals surface area contributed by atoms with Crippen LogP contribution in [0.2, 0.25) is 0 Å². The number of nitro groups is 1. The summed E-state index contributed by atoms with van der Waals surface area (Å²) >= 11 is 0.